The normalized spacial score (nSPS) is 18.1. The zero-order valence-electron chi connectivity index (χ0n) is 13.1. The van der Waals surface area contributed by atoms with Gasteiger partial charge < -0.3 is 25.0 Å². The molecule has 5 heteroatoms. The largest absolute Gasteiger partial charge is 0.504 e. The predicted molar refractivity (Wildman–Crippen MR) is 86.5 cm³/mol. The molecule has 1 aliphatic heterocycles. The molecule has 23 heavy (non-hydrogen) atoms. The van der Waals surface area contributed by atoms with E-state index in [2.05, 4.69) is 5.32 Å². The second-order valence-electron chi connectivity index (χ2n) is 5.99. The van der Waals surface area contributed by atoms with E-state index in [1.807, 2.05) is 12.1 Å². The molecule has 0 saturated carbocycles. The van der Waals surface area contributed by atoms with Crippen molar-refractivity contribution in [2.75, 3.05) is 20.8 Å². The quantitative estimate of drug-likeness (QED) is 0.795. The number of methoxy groups -OCH3 is 2. The summed E-state index contributed by atoms with van der Waals surface area (Å²) in [4.78, 5) is 0. The van der Waals surface area contributed by atoms with Gasteiger partial charge in [-0.3, -0.25) is 0 Å². The van der Waals surface area contributed by atoms with E-state index in [4.69, 9.17) is 9.47 Å². The van der Waals surface area contributed by atoms with Gasteiger partial charge >= 0.3 is 0 Å². The molecule has 0 bridgehead atoms. The van der Waals surface area contributed by atoms with E-state index in [-0.39, 0.29) is 17.5 Å². The van der Waals surface area contributed by atoms with Crippen molar-refractivity contribution in [3.8, 4) is 34.1 Å². The third-order valence-corrected chi connectivity index (χ3v) is 4.85. The van der Waals surface area contributed by atoms with Gasteiger partial charge in [-0.25, -0.2) is 0 Å². The first-order valence-electron chi connectivity index (χ1n) is 7.71. The summed E-state index contributed by atoms with van der Waals surface area (Å²) in [6.45, 7) is 0.898. The standard InChI is InChI=1S/C18H19NO4/c1-22-13-8-10-5-6-19-11-7-9-3-4-12(20)18(23-2)15(9)16(14(10)11)17(13)21/h3-4,8,11,19-21H,5-7H2,1-2H3/t11-/m0/s1. The van der Waals surface area contributed by atoms with Crippen LogP contribution in [0.15, 0.2) is 18.2 Å². The van der Waals surface area contributed by atoms with Crippen molar-refractivity contribution in [1.29, 1.82) is 0 Å². The average molecular weight is 313 g/mol. The highest BCUT2D eigenvalue weighted by Gasteiger charge is 2.35. The van der Waals surface area contributed by atoms with Gasteiger partial charge in [-0.15, -0.1) is 0 Å². The summed E-state index contributed by atoms with van der Waals surface area (Å²) >= 11 is 0. The van der Waals surface area contributed by atoms with E-state index < -0.39 is 0 Å². The summed E-state index contributed by atoms with van der Waals surface area (Å²) in [5.74, 6) is 1.03. The Morgan fingerprint density at radius 2 is 1.91 bits per heavy atom. The van der Waals surface area contributed by atoms with Crippen molar-refractivity contribution < 1.29 is 19.7 Å². The minimum absolute atomic E-state index is 0.0736. The van der Waals surface area contributed by atoms with E-state index >= 15 is 0 Å². The summed E-state index contributed by atoms with van der Waals surface area (Å²) in [6, 6.07) is 5.61. The van der Waals surface area contributed by atoms with Crippen LogP contribution in [0.1, 0.15) is 22.7 Å². The highest BCUT2D eigenvalue weighted by atomic mass is 16.5. The van der Waals surface area contributed by atoms with Gasteiger partial charge in [0.1, 0.15) is 0 Å². The first-order chi connectivity index (χ1) is 11.2. The molecule has 3 N–H and O–H groups in total. The second-order valence-corrected chi connectivity index (χ2v) is 5.99. The van der Waals surface area contributed by atoms with Crippen LogP contribution in [0.25, 0.3) is 11.1 Å². The van der Waals surface area contributed by atoms with Crippen LogP contribution in [0.2, 0.25) is 0 Å². The maximum atomic E-state index is 10.8. The van der Waals surface area contributed by atoms with E-state index in [1.54, 1.807) is 13.2 Å². The fourth-order valence-corrected chi connectivity index (χ4v) is 3.87. The Bertz CT molecular complexity index is 800. The zero-order chi connectivity index (χ0) is 16.1. The third-order valence-electron chi connectivity index (χ3n) is 4.85. The van der Waals surface area contributed by atoms with Crippen LogP contribution < -0.4 is 14.8 Å². The number of benzene rings is 2. The molecular weight excluding hydrogens is 294 g/mol. The van der Waals surface area contributed by atoms with E-state index in [9.17, 15) is 10.2 Å². The van der Waals surface area contributed by atoms with Gasteiger partial charge in [0.25, 0.3) is 0 Å². The minimum Gasteiger partial charge on any atom is -0.504 e. The van der Waals surface area contributed by atoms with E-state index in [0.717, 1.165) is 36.1 Å². The van der Waals surface area contributed by atoms with Crippen molar-refractivity contribution >= 4 is 0 Å². The van der Waals surface area contributed by atoms with Gasteiger partial charge in [0, 0.05) is 17.2 Å². The number of phenols is 2. The number of rotatable bonds is 2. The number of fused-ring (bicyclic) bond motifs is 2. The summed E-state index contributed by atoms with van der Waals surface area (Å²) in [6.07, 6.45) is 1.68. The molecule has 1 heterocycles. The Morgan fingerprint density at radius 3 is 2.65 bits per heavy atom. The topological polar surface area (TPSA) is 71.0 Å². The summed E-state index contributed by atoms with van der Waals surface area (Å²) in [7, 11) is 3.08. The van der Waals surface area contributed by atoms with Crippen LogP contribution in [0.5, 0.6) is 23.0 Å². The number of phenolic OH excluding ortho intramolecular Hbond substituents is 2. The summed E-state index contributed by atoms with van der Waals surface area (Å²) < 4.78 is 10.8. The van der Waals surface area contributed by atoms with Crippen LogP contribution in [-0.4, -0.2) is 31.0 Å². The lowest BCUT2D eigenvalue weighted by Crippen LogP contribution is -2.33. The van der Waals surface area contributed by atoms with Crippen molar-refractivity contribution in [2.45, 2.75) is 18.9 Å². The van der Waals surface area contributed by atoms with Crippen molar-refractivity contribution in [1.82, 2.24) is 5.32 Å². The lowest BCUT2D eigenvalue weighted by Gasteiger charge is -2.35. The number of hydrogen-bond acceptors (Lipinski definition) is 5. The molecular formula is C18H19NO4. The molecule has 0 aromatic heterocycles. The molecule has 0 saturated heterocycles. The van der Waals surface area contributed by atoms with Crippen LogP contribution in [0.3, 0.4) is 0 Å². The lowest BCUT2D eigenvalue weighted by atomic mass is 9.77. The van der Waals surface area contributed by atoms with Crippen molar-refractivity contribution in [3.05, 3.63) is 34.9 Å². The minimum atomic E-state index is 0.0736. The van der Waals surface area contributed by atoms with Gasteiger partial charge in [-0.2, -0.15) is 0 Å². The van der Waals surface area contributed by atoms with Crippen LogP contribution in [0, 0.1) is 0 Å². The second kappa shape index (κ2) is 5.06. The number of hydrogen-bond donors (Lipinski definition) is 3. The molecule has 1 atom stereocenters. The van der Waals surface area contributed by atoms with Crippen molar-refractivity contribution in [2.24, 2.45) is 0 Å². The zero-order valence-corrected chi connectivity index (χ0v) is 13.1. The van der Waals surface area contributed by atoms with Crippen LogP contribution in [0.4, 0.5) is 0 Å². The van der Waals surface area contributed by atoms with E-state index in [0.29, 0.717) is 17.1 Å². The molecule has 2 aliphatic rings. The fourth-order valence-electron chi connectivity index (χ4n) is 3.87. The summed E-state index contributed by atoms with van der Waals surface area (Å²) in [5, 5.41) is 24.4. The Hall–Kier alpha value is -2.40. The molecule has 0 fully saturated rings. The van der Waals surface area contributed by atoms with Crippen LogP contribution >= 0.6 is 0 Å². The first-order valence-corrected chi connectivity index (χ1v) is 7.71. The van der Waals surface area contributed by atoms with Gasteiger partial charge in [-0.1, -0.05) is 6.07 Å². The molecule has 0 amide bonds. The first kappa shape index (κ1) is 14.2. The van der Waals surface area contributed by atoms with Crippen molar-refractivity contribution in [3.63, 3.8) is 0 Å². The molecule has 1 aliphatic carbocycles. The Morgan fingerprint density at radius 1 is 1.09 bits per heavy atom. The highest BCUT2D eigenvalue weighted by molar-refractivity contribution is 5.88. The molecule has 0 radical (unpaired) electrons. The average Bonchev–Trinajstić information content (AvgIpc) is 2.57. The Balaban J connectivity index is 2.12. The third kappa shape index (κ3) is 1.90. The smallest absolute Gasteiger partial charge is 0.168 e. The molecule has 0 spiro atoms. The number of nitrogens with one attached hydrogen (secondary N) is 1. The number of ether oxygens (including phenoxy) is 2. The van der Waals surface area contributed by atoms with Gasteiger partial charge in [0.2, 0.25) is 0 Å². The lowest BCUT2D eigenvalue weighted by molar-refractivity contribution is 0.365. The van der Waals surface area contributed by atoms with Gasteiger partial charge in [0.05, 0.1) is 14.2 Å². The fraction of sp³-hybridized carbons (Fsp3) is 0.333. The molecule has 2 aromatic carbocycles. The maximum absolute atomic E-state index is 10.8. The van der Waals surface area contributed by atoms with Crippen LogP contribution in [-0.2, 0) is 12.8 Å². The van der Waals surface area contributed by atoms with Gasteiger partial charge in [0.15, 0.2) is 23.0 Å². The SMILES string of the molecule is COc1cc2c3c(c1O)-c1c(ccc(O)c1OC)C[C@@H]3NCC2. The molecule has 4 rings (SSSR count). The molecule has 2 aromatic rings. The monoisotopic (exact) mass is 313 g/mol. The summed E-state index contributed by atoms with van der Waals surface area (Å²) in [5.41, 5.74) is 4.78. The predicted octanol–water partition coefficient (Wildman–Crippen LogP) is 2.52. The molecule has 0 unspecified atom stereocenters. The number of aromatic hydroxyl groups is 2. The highest BCUT2D eigenvalue weighted by Crippen LogP contribution is 2.54. The van der Waals surface area contributed by atoms with E-state index in [1.165, 1.54) is 12.7 Å². The maximum Gasteiger partial charge on any atom is 0.168 e. The molecule has 5 nitrogen and oxygen atoms in total. The Labute approximate surface area is 134 Å². The molecule has 120 valence electrons. The Kier molecular flexibility index (Phi) is 3.13. The van der Waals surface area contributed by atoms with Gasteiger partial charge in [-0.05, 0) is 48.2 Å².